The Bertz CT molecular complexity index is 827. The zero-order chi connectivity index (χ0) is 14.8. The lowest BCUT2D eigenvalue weighted by molar-refractivity contribution is 0.0689. The topological polar surface area (TPSA) is 59.4 Å². The summed E-state index contributed by atoms with van der Waals surface area (Å²) in [6.45, 7) is 0. The van der Waals surface area contributed by atoms with Gasteiger partial charge in [0, 0.05) is 11.6 Å². The number of carbonyl (C=O) groups is 1. The van der Waals surface area contributed by atoms with Gasteiger partial charge in [-0.3, -0.25) is 4.98 Å². The summed E-state index contributed by atoms with van der Waals surface area (Å²) in [4.78, 5) is 15.4. The number of pyridine rings is 1. The molecule has 0 unspecified atom stereocenters. The second-order valence-electron chi connectivity index (χ2n) is 4.35. The van der Waals surface area contributed by atoms with E-state index in [2.05, 4.69) is 4.98 Å². The van der Waals surface area contributed by atoms with E-state index in [0.29, 0.717) is 11.3 Å². The van der Waals surface area contributed by atoms with Crippen molar-refractivity contribution < 1.29 is 19.0 Å². The van der Waals surface area contributed by atoms with Crippen molar-refractivity contribution in [1.29, 1.82) is 0 Å². The molecule has 0 bridgehead atoms. The number of carboxylic acid groups (broad SMARTS) is 1. The molecular weight excluding hydrogens is 273 g/mol. The van der Waals surface area contributed by atoms with Gasteiger partial charge in [0.2, 0.25) is 0 Å². The Morgan fingerprint density at radius 1 is 1.05 bits per heavy atom. The number of ether oxygens (including phenoxy) is 1. The Hall–Kier alpha value is -2.95. The van der Waals surface area contributed by atoms with Crippen LogP contribution in [0.2, 0.25) is 0 Å². The van der Waals surface area contributed by atoms with Crippen LogP contribution in [0.1, 0.15) is 10.4 Å². The first-order valence-electron chi connectivity index (χ1n) is 6.20. The Morgan fingerprint density at radius 2 is 1.76 bits per heavy atom. The molecule has 1 aromatic heterocycles. The van der Waals surface area contributed by atoms with Crippen LogP contribution in [0.3, 0.4) is 0 Å². The molecule has 21 heavy (non-hydrogen) atoms. The SMILES string of the molecule is O=C(O)c1c(F)cccc1Oc1cccc2cccnc12. The highest BCUT2D eigenvalue weighted by atomic mass is 19.1. The molecule has 0 aliphatic carbocycles. The second kappa shape index (κ2) is 5.20. The van der Waals surface area contributed by atoms with Gasteiger partial charge in [-0.2, -0.15) is 0 Å². The van der Waals surface area contributed by atoms with Crippen molar-refractivity contribution >= 4 is 16.9 Å². The molecule has 5 heteroatoms. The van der Waals surface area contributed by atoms with Crippen LogP contribution in [0, 0.1) is 5.82 Å². The van der Waals surface area contributed by atoms with Gasteiger partial charge in [0.1, 0.15) is 22.6 Å². The van der Waals surface area contributed by atoms with Crippen molar-refractivity contribution in [1.82, 2.24) is 4.98 Å². The summed E-state index contributed by atoms with van der Waals surface area (Å²) in [7, 11) is 0. The summed E-state index contributed by atoms with van der Waals surface area (Å²) in [6, 6.07) is 12.8. The molecule has 3 aromatic rings. The van der Waals surface area contributed by atoms with Gasteiger partial charge in [0.15, 0.2) is 5.75 Å². The second-order valence-corrected chi connectivity index (χ2v) is 4.35. The first-order chi connectivity index (χ1) is 10.2. The average molecular weight is 283 g/mol. The molecule has 104 valence electrons. The van der Waals surface area contributed by atoms with Gasteiger partial charge >= 0.3 is 5.97 Å². The molecule has 0 amide bonds. The monoisotopic (exact) mass is 283 g/mol. The van der Waals surface area contributed by atoms with Gasteiger partial charge < -0.3 is 9.84 Å². The minimum absolute atomic E-state index is 0.0550. The van der Waals surface area contributed by atoms with E-state index in [9.17, 15) is 9.18 Å². The molecule has 1 heterocycles. The number of benzene rings is 2. The third-order valence-electron chi connectivity index (χ3n) is 3.00. The fourth-order valence-electron chi connectivity index (χ4n) is 2.07. The summed E-state index contributed by atoms with van der Waals surface area (Å²) >= 11 is 0. The van der Waals surface area contributed by atoms with E-state index in [1.165, 1.54) is 12.1 Å². The highest BCUT2D eigenvalue weighted by molar-refractivity contribution is 5.92. The maximum Gasteiger partial charge on any atom is 0.342 e. The molecule has 0 fully saturated rings. The van der Waals surface area contributed by atoms with E-state index in [-0.39, 0.29) is 5.75 Å². The number of para-hydroxylation sites is 1. The number of rotatable bonds is 3. The van der Waals surface area contributed by atoms with E-state index in [4.69, 9.17) is 9.84 Å². The van der Waals surface area contributed by atoms with Crippen molar-refractivity contribution in [3.8, 4) is 11.5 Å². The highest BCUT2D eigenvalue weighted by Crippen LogP contribution is 2.31. The number of hydrogen-bond acceptors (Lipinski definition) is 3. The van der Waals surface area contributed by atoms with Crippen LogP contribution in [0.25, 0.3) is 10.9 Å². The molecule has 3 rings (SSSR count). The molecule has 0 spiro atoms. The van der Waals surface area contributed by atoms with Gasteiger partial charge in [-0.25, -0.2) is 9.18 Å². The minimum atomic E-state index is -1.38. The summed E-state index contributed by atoms with van der Waals surface area (Å²) in [5.41, 5.74) is 0.0889. The molecule has 0 saturated heterocycles. The average Bonchev–Trinajstić information content (AvgIpc) is 2.47. The predicted molar refractivity (Wildman–Crippen MR) is 75.2 cm³/mol. The molecule has 4 nitrogen and oxygen atoms in total. The molecule has 0 radical (unpaired) electrons. The fraction of sp³-hybridized carbons (Fsp3) is 0. The number of aromatic nitrogens is 1. The Morgan fingerprint density at radius 3 is 2.57 bits per heavy atom. The van der Waals surface area contributed by atoms with E-state index in [1.54, 1.807) is 24.4 Å². The number of halogens is 1. The van der Waals surface area contributed by atoms with Crippen LogP contribution in [0.5, 0.6) is 11.5 Å². The van der Waals surface area contributed by atoms with Crippen molar-refractivity contribution in [3.05, 3.63) is 66.1 Å². The van der Waals surface area contributed by atoms with Crippen LogP contribution in [-0.2, 0) is 0 Å². The zero-order valence-corrected chi connectivity index (χ0v) is 10.8. The first kappa shape index (κ1) is 13.1. The highest BCUT2D eigenvalue weighted by Gasteiger charge is 2.18. The van der Waals surface area contributed by atoms with Gasteiger partial charge in [-0.05, 0) is 24.3 Å². The lowest BCUT2D eigenvalue weighted by atomic mass is 10.2. The van der Waals surface area contributed by atoms with Crippen LogP contribution in [0.4, 0.5) is 4.39 Å². The first-order valence-corrected chi connectivity index (χ1v) is 6.20. The van der Waals surface area contributed by atoms with Crippen molar-refractivity contribution in [2.24, 2.45) is 0 Å². The van der Waals surface area contributed by atoms with Crippen LogP contribution in [-0.4, -0.2) is 16.1 Å². The van der Waals surface area contributed by atoms with Gasteiger partial charge in [-0.1, -0.05) is 24.3 Å². The number of nitrogens with zero attached hydrogens (tertiary/aromatic N) is 1. The summed E-state index contributed by atoms with van der Waals surface area (Å²) < 4.78 is 19.2. The third kappa shape index (κ3) is 2.41. The smallest absolute Gasteiger partial charge is 0.342 e. The summed E-state index contributed by atoms with van der Waals surface area (Å²) in [6.07, 6.45) is 1.61. The minimum Gasteiger partial charge on any atom is -0.477 e. The van der Waals surface area contributed by atoms with Gasteiger partial charge in [0.05, 0.1) is 0 Å². The molecule has 2 aromatic carbocycles. The van der Waals surface area contributed by atoms with E-state index in [0.717, 1.165) is 11.5 Å². The summed E-state index contributed by atoms with van der Waals surface area (Å²) in [5.74, 6) is -1.90. The molecule has 0 saturated carbocycles. The number of fused-ring (bicyclic) bond motifs is 1. The number of hydrogen-bond donors (Lipinski definition) is 1. The van der Waals surface area contributed by atoms with Crippen molar-refractivity contribution in [2.75, 3.05) is 0 Å². The predicted octanol–water partition coefficient (Wildman–Crippen LogP) is 3.86. The largest absolute Gasteiger partial charge is 0.477 e. The van der Waals surface area contributed by atoms with Crippen LogP contribution < -0.4 is 4.74 Å². The Kier molecular flexibility index (Phi) is 3.23. The zero-order valence-electron chi connectivity index (χ0n) is 10.8. The Labute approximate surface area is 119 Å². The van der Waals surface area contributed by atoms with Gasteiger partial charge in [-0.15, -0.1) is 0 Å². The van der Waals surface area contributed by atoms with Crippen molar-refractivity contribution in [2.45, 2.75) is 0 Å². The Balaban J connectivity index is 2.12. The normalized spacial score (nSPS) is 10.5. The molecule has 0 aliphatic heterocycles. The van der Waals surface area contributed by atoms with E-state index < -0.39 is 17.3 Å². The standard InChI is InChI=1S/C16H10FNO3/c17-11-6-2-7-12(14(11)16(19)20)21-13-8-1-4-10-5-3-9-18-15(10)13/h1-9H,(H,19,20). The van der Waals surface area contributed by atoms with E-state index >= 15 is 0 Å². The lowest BCUT2D eigenvalue weighted by Gasteiger charge is -2.10. The number of carboxylic acids is 1. The lowest BCUT2D eigenvalue weighted by Crippen LogP contribution is -2.03. The molecule has 0 atom stereocenters. The summed E-state index contributed by atoms with van der Waals surface area (Å²) in [5, 5.41) is 9.95. The van der Waals surface area contributed by atoms with Gasteiger partial charge in [0.25, 0.3) is 0 Å². The molecule has 1 N–H and O–H groups in total. The maximum absolute atomic E-state index is 13.6. The quantitative estimate of drug-likeness (QED) is 0.792. The number of aromatic carboxylic acids is 1. The third-order valence-corrected chi connectivity index (χ3v) is 3.00. The maximum atomic E-state index is 13.6. The fourth-order valence-corrected chi connectivity index (χ4v) is 2.07. The molecule has 0 aliphatic rings. The molecular formula is C16H10FNO3. The van der Waals surface area contributed by atoms with E-state index in [1.807, 2.05) is 12.1 Å². The van der Waals surface area contributed by atoms with Crippen molar-refractivity contribution in [3.63, 3.8) is 0 Å². The van der Waals surface area contributed by atoms with Crippen LogP contribution in [0.15, 0.2) is 54.7 Å². The van der Waals surface area contributed by atoms with Crippen LogP contribution >= 0.6 is 0 Å².